The van der Waals surface area contributed by atoms with Crippen LogP contribution in [0, 0.1) is 5.92 Å². The fraction of sp³-hybridized carbons (Fsp3) is 0.605. The van der Waals surface area contributed by atoms with E-state index >= 15 is 0 Å². The Morgan fingerprint density at radius 1 is 0.638 bits per heavy atom. The molecule has 2 aromatic carbocycles. The highest BCUT2D eigenvalue weighted by molar-refractivity contribution is 5.69. The molecule has 9 heteroatoms. The van der Waals surface area contributed by atoms with E-state index in [1.807, 2.05) is 32.9 Å². The van der Waals surface area contributed by atoms with Gasteiger partial charge in [0.15, 0.2) is 0 Å². The van der Waals surface area contributed by atoms with Gasteiger partial charge in [0.05, 0.1) is 0 Å². The number of benzene rings is 2. The van der Waals surface area contributed by atoms with E-state index in [4.69, 9.17) is 14.2 Å². The fourth-order valence-corrected chi connectivity index (χ4v) is 4.99. The van der Waals surface area contributed by atoms with E-state index in [1.54, 1.807) is 46.4 Å². The fourth-order valence-electron chi connectivity index (χ4n) is 4.99. The summed E-state index contributed by atoms with van der Waals surface area (Å²) in [6.45, 7) is 17.6. The Bertz CT molecular complexity index is 1170. The van der Waals surface area contributed by atoms with Gasteiger partial charge in [0.2, 0.25) is 0 Å². The van der Waals surface area contributed by atoms with Crippen LogP contribution in [0.4, 0.5) is 14.4 Å². The Morgan fingerprint density at radius 2 is 1.11 bits per heavy atom. The quantitative estimate of drug-likeness (QED) is 0.187. The molecule has 47 heavy (non-hydrogen) atoms. The first-order chi connectivity index (χ1) is 21.9. The van der Waals surface area contributed by atoms with E-state index < -0.39 is 29.0 Å². The first-order valence-electron chi connectivity index (χ1n) is 16.9. The zero-order valence-electron chi connectivity index (χ0n) is 30.2. The zero-order chi connectivity index (χ0) is 35.1. The summed E-state index contributed by atoms with van der Waals surface area (Å²) in [4.78, 5) is 40.5. The molecule has 0 fully saturated rings. The molecule has 0 bridgehead atoms. The molecular formula is C38H59N3O6. The molecule has 262 valence electrons. The van der Waals surface area contributed by atoms with Crippen LogP contribution in [0.2, 0.25) is 0 Å². The minimum atomic E-state index is -0.670. The molecular weight excluding hydrogens is 594 g/mol. The first kappa shape index (κ1) is 39.4. The molecule has 0 heterocycles. The van der Waals surface area contributed by atoms with Gasteiger partial charge in [-0.25, -0.2) is 14.4 Å². The largest absolute Gasteiger partial charge is 0.444 e. The summed E-state index contributed by atoms with van der Waals surface area (Å²) in [5, 5.41) is 5.72. The normalized spacial score (nSPS) is 12.6. The molecule has 0 unspecified atom stereocenters. The lowest BCUT2D eigenvalue weighted by Crippen LogP contribution is -2.45. The monoisotopic (exact) mass is 653 g/mol. The maximum Gasteiger partial charge on any atom is 0.410 e. The SMILES string of the molecule is CC(C)(C)OC(=O)NCC[C@@H](CCN(CC(CCc1ccccc1)CCc1ccccc1)C(=O)OC(C)(C)C)NC(=O)OC(C)(C)C. The van der Waals surface area contributed by atoms with E-state index in [1.165, 1.54) is 11.1 Å². The zero-order valence-corrected chi connectivity index (χ0v) is 30.2. The minimum absolute atomic E-state index is 0.217. The Labute approximate surface area is 283 Å². The number of nitrogens with one attached hydrogen (secondary N) is 2. The van der Waals surface area contributed by atoms with Crippen molar-refractivity contribution in [2.45, 2.75) is 124 Å². The van der Waals surface area contributed by atoms with Crippen molar-refractivity contribution in [3.8, 4) is 0 Å². The number of aryl methyl sites for hydroxylation is 2. The van der Waals surface area contributed by atoms with E-state index in [0.29, 0.717) is 25.9 Å². The average Bonchev–Trinajstić information content (AvgIpc) is 2.94. The van der Waals surface area contributed by atoms with Crippen LogP contribution >= 0.6 is 0 Å². The summed E-state index contributed by atoms with van der Waals surface area (Å²) >= 11 is 0. The summed E-state index contributed by atoms with van der Waals surface area (Å²) in [5.74, 6) is 0.217. The van der Waals surface area contributed by atoms with Crippen molar-refractivity contribution in [3.63, 3.8) is 0 Å². The van der Waals surface area contributed by atoms with E-state index in [0.717, 1.165) is 25.7 Å². The second-order valence-electron chi connectivity index (χ2n) is 15.2. The van der Waals surface area contributed by atoms with Crippen LogP contribution in [0.5, 0.6) is 0 Å². The predicted octanol–water partition coefficient (Wildman–Crippen LogP) is 8.30. The van der Waals surface area contributed by atoms with Gasteiger partial charge >= 0.3 is 18.3 Å². The van der Waals surface area contributed by atoms with E-state index in [9.17, 15) is 14.4 Å². The molecule has 0 aliphatic heterocycles. The topological polar surface area (TPSA) is 106 Å². The van der Waals surface area contributed by atoms with Gasteiger partial charge < -0.3 is 29.7 Å². The Morgan fingerprint density at radius 3 is 1.57 bits per heavy atom. The van der Waals surface area contributed by atoms with Gasteiger partial charge in [-0.3, -0.25) is 0 Å². The summed E-state index contributed by atoms with van der Waals surface area (Å²) < 4.78 is 16.8. The molecule has 9 nitrogen and oxygen atoms in total. The van der Waals surface area contributed by atoms with E-state index in [-0.39, 0.29) is 24.6 Å². The first-order valence-corrected chi connectivity index (χ1v) is 16.9. The lowest BCUT2D eigenvalue weighted by Gasteiger charge is -2.32. The smallest absolute Gasteiger partial charge is 0.410 e. The minimum Gasteiger partial charge on any atom is -0.444 e. The Kier molecular flexibility index (Phi) is 15.6. The van der Waals surface area contributed by atoms with Gasteiger partial charge in [0.25, 0.3) is 0 Å². The molecule has 2 rings (SSSR count). The molecule has 0 saturated carbocycles. The molecule has 2 aromatic rings. The Balaban J connectivity index is 2.22. The van der Waals surface area contributed by atoms with Crippen LogP contribution in [-0.2, 0) is 27.1 Å². The third-order valence-electron chi connectivity index (χ3n) is 7.13. The van der Waals surface area contributed by atoms with Crippen molar-refractivity contribution < 1.29 is 28.6 Å². The van der Waals surface area contributed by atoms with Gasteiger partial charge in [0.1, 0.15) is 16.8 Å². The number of carbonyl (C=O) groups excluding carboxylic acids is 3. The molecule has 2 N–H and O–H groups in total. The van der Waals surface area contributed by atoms with Crippen LogP contribution < -0.4 is 10.6 Å². The second kappa shape index (κ2) is 18.6. The van der Waals surface area contributed by atoms with Crippen molar-refractivity contribution in [2.75, 3.05) is 19.6 Å². The van der Waals surface area contributed by atoms with Crippen LogP contribution in [0.3, 0.4) is 0 Å². The number of amides is 3. The molecule has 0 aromatic heterocycles. The van der Waals surface area contributed by atoms with Crippen LogP contribution in [0.1, 0.15) is 99.1 Å². The van der Waals surface area contributed by atoms with Gasteiger partial charge in [-0.05, 0) is 118 Å². The van der Waals surface area contributed by atoms with Crippen molar-refractivity contribution in [3.05, 3.63) is 71.8 Å². The van der Waals surface area contributed by atoms with Gasteiger partial charge in [-0.1, -0.05) is 60.7 Å². The summed E-state index contributed by atoms with van der Waals surface area (Å²) in [6, 6.07) is 20.4. The number of hydrogen-bond donors (Lipinski definition) is 2. The summed E-state index contributed by atoms with van der Waals surface area (Å²) in [5.41, 5.74) is 0.574. The number of nitrogens with zero attached hydrogens (tertiary/aromatic N) is 1. The highest BCUT2D eigenvalue weighted by Crippen LogP contribution is 2.21. The third-order valence-corrected chi connectivity index (χ3v) is 7.13. The van der Waals surface area contributed by atoms with Crippen LogP contribution in [0.25, 0.3) is 0 Å². The van der Waals surface area contributed by atoms with Crippen molar-refractivity contribution in [2.24, 2.45) is 5.92 Å². The number of alkyl carbamates (subject to hydrolysis) is 2. The second-order valence-corrected chi connectivity index (χ2v) is 15.2. The summed E-state index contributed by atoms with van der Waals surface area (Å²) in [6.07, 6.45) is 3.04. The average molecular weight is 654 g/mol. The van der Waals surface area contributed by atoms with Gasteiger partial charge in [-0.2, -0.15) is 0 Å². The van der Waals surface area contributed by atoms with E-state index in [2.05, 4.69) is 59.2 Å². The lowest BCUT2D eigenvalue weighted by molar-refractivity contribution is 0.0205. The molecule has 0 aliphatic rings. The molecule has 1 atom stereocenters. The molecule has 0 aliphatic carbocycles. The van der Waals surface area contributed by atoms with Crippen LogP contribution in [-0.4, -0.2) is 65.7 Å². The number of carbonyl (C=O) groups is 3. The molecule has 0 spiro atoms. The van der Waals surface area contributed by atoms with Crippen LogP contribution in [0.15, 0.2) is 60.7 Å². The van der Waals surface area contributed by atoms with Gasteiger partial charge in [-0.15, -0.1) is 0 Å². The standard InChI is InChI=1S/C38H59N3O6/c1-36(2,3)45-33(42)39-26-24-32(40-34(43)46-37(4,5)6)25-27-41(35(44)47-38(7,8)9)28-31(22-20-29-16-12-10-13-17-29)23-21-30-18-14-11-15-19-30/h10-19,31-32H,20-28H2,1-9H3,(H,39,42)(H,40,43)/t32-/m0/s1. The van der Waals surface area contributed by atoms with Gasteiger partial charge in [0, 0.05) is 25.7 Å². The third kappa shape index (κ3) is 18.9. The lowest BCUT2D eigenvalue weighted by atomic mass is 9.92. The highest BCUT2D eigenvalue weighted by atomic mass is 16.6. The number of rotatable bonds is 15. The molecule has 0 saturated heterocycles. The van der Waals surface area contributed by atoms with Crippen molar-refractivity contribution >= 4 is 18.3 Å². The maximum absolute atomic E-state index is 13.6. The Hall–Kier alpha value is -3.75. The maximum atomic E-state index is 13.6. The molecule has 0 radical (unpaired) electrons. The van der Waals surface area contributed by atoms with Crippen molar-refractivity contribution in [1.29, 1.82) is 0 Å². The predicted molar refractivity (Wildman–Crippen MR) is 187 cm³/mol. The summed E-state index contributed by atoms with van der Waals surface area (Å²) in [7, 11) is 0. The molecule has 3 amide bonds. The number of hydrogen-bond acceptors (Lipinski definition) is 6. The number of ether oxygens (including phenoxy) is 3. The van der Waals surface area contributed by atoms with Crippen molar-refractivity contribution in [1.82, 2.24) is 15.5 Å². The highest BCUT2D eigenvalue weighted by Gasteiger charge is 2.27.